The van der Waals surface area contributed by atoms with Gasteiger partial charge in [0.15, 0.2) is 0 Å². The van der Waals surface area contributed by atoms with E-state index in [9.17, 15) is 18.0 Å². The van der Waals surface area contributed by atoms with Crippen molar-refractivity contribution in [2.24, 2.45) is 0 Å². The van der Waals surface area contributed by atoms with Gasteiger partial charge in [-0.25, -0.2) is 0 Å². The lowest BCUT2D eigenvalue weighted by molar-refractivity contribution is -0.139. The third-order valence-corrected chi connectivity index (χ3v) is 4.62. The quantitative estimate of drug-likeness (QED) is 0.486. The first-order valence-corrected chi connectivity index (χ1v) is 9.03. The van der Waals surface area contributed by atoms with Crippen molar-refractivity contribution >= 4 is 16.9 Å². The van der Waals surface area contributed by atoms with E-state index in [1.807, 2.05) is 0 Å². The van der Waals surface area contributed by atoms with E-state index in [0.29, 0.717) is 5.56 Å². The highest BCUT2D eigenvalue weighted by Gasteiger charge is 2.35. The molecule has 0 fully saturated rings. The smallest absolute Gasteiger partial charge is 0.419 e. The van der Waals surface area contributed by atoms with E-state index >= 15 is 0 Å². The molecule has 0 radical (unpaired) electrons. The fourth-order valence-electron chi connectivity index (χ4n) is 3.13. The number of carbonyl (C=O) groups is 1. The zero-order valence-corrected chi connectivity index (χ0v) is 16.1. The summed E-state index contributed by atoms with van der Waals surface area (Å²) < 4.78 is 51.3. The van der Waals surface area contributed by atoms with Gasteiger partial charge in [0.1, 0.15) is 5.75 Å². The normalized spacial score (nSPS) is 11.7. The van der Waals surface area contributed by atoms with Gasteiger partial charge in [-0.1, -0.05) is 5.16 Å². The SMILES string of the molecule is COc1ccc(-c2nc(-c3ccc4c(cnn4CCC(=O)O)c3)no2)cc1C(F)(F)F. The molecule has 2 aromatic heterocycles. The molecule has 0 aliphatic rings. The first-order valence-electron chi connectivity index (χ1n) is 9.03. The molecule has 0 amide bonds. The average Bonchev–Trinajstić information content (AvgIpc) is 3.38. The van der Waals surface area contributed by atoms with Crippen LogP contribution in [0, 0.1) is 0 Å². The van der Waals surface area contributed by atoms with Crippen LogP contribution in [0.5, 0.6) is 5.75 Å². The monoisotopic (exact) mass is 432 g/mol. The summed E-state index contributed by atoms with van der Waals surface area (Å²) in [7, 11) is 1.16. The summed E-state index contributed by atoms with van der Waals surface area (Å²) in [5, 5.41) is 17.6. The molecule has 0 saturated carbocycles. The molecule has 2 aromatic carbocycles. The number of alkyl halides is 3. The topological polar surface area (TPSA) is 103 Å². The summed E-state index contributed by atoms with van der Waals surface area (Å²) in [6.45, 7) is 0.226. The van der Waals surface area contributed by atoms with E-state index in [1.54, 1.807) is 29.1 Å². The van der Waals surface area contributed by atoms with Gasteiger partial charge in [-0.3, -0.25) is 9.48 Å². The molecule has 0 unspecified atom stereocenters. The largest absolute Gasteiger partial charge is 0.496 e. The third kappa shape index (κ3) is 4.06. The number of nitrogens with zero attached hydrogens (tertiary/aromatic N) is 4. The van der Waals surface area contributed by atoms with Gasteiger partial charge in [-0.15, -0.1) is 0 Å². The Morgan fingerprint density at radius 1 is 1.19 bits per heavy atom. The minimum absolute atomic E-state index is 0.0610. The first-order chi connectivity index (χ1) is 14.8. The Morgan fingerprint density at radius 2 is 1.97 bits per heavy atom. The van der Waals surface area contributed by atoms with Crippen LogP contribution in [-0.4, -0.2) is 38.1 Å². The van der Waals surface area contributed by atoms with E-state index in [1.165, 1.54) is 12.1 Å². The molecular weight excluding hydrogens is 417 g/mol. The van der Waals surface area contributed by atoms with Gasteiger partial charge in [0.05, 0.1) is 37.4 Å². The van der Waals surface area contributed by atoms with Crippen molar-refractivity contribution < 1.29 is 32.3 Å². The minimum Gasteiger partial charge on any atom is -0.496 e. The number of rotatable bonds is 6. The highest BCUT2D eigenvalue weighted by atomic mass is 19.4. The second-order valence-electron chi connectivity index (χ2n) is 6.62. The highest BCUT2D eigenvalue weighted by Crippen LogP contribution is 2.38. The van der Waals surface area contributed by atoms with Gasteiger partial charge in [0.2, 0.25) is 5.82 Å². The Morgan fingerprint density at radius 3 is 2.68 bits per heavy atom. The van der Waals surface area contributed by atoms with Crippen LogP contribution < -0.4 is 4.74 Å². The van der Waals surface area contributed by atoms with Crippen LogP contribution in [0.4, 0.5) is 13.2 Å². The van der Waals surface area contributed by atoms with Gasteiger partial charge in [-0.05, 0) is 36.4 Å². The second-order valence-corrected chi connectivity index (χ2v) is 6.62. The fraction of sp³-hybridized carbons (Fsp3) is 0.200. The maximum atomic E-state index is 13.3. The number of ether oxygens (including phenoxy) is 1. The number of benzene rings is 2. The molecule has 0 atom stereocenters. The predicted molar refractivity (Wildman–Crippen MR) is 102 cm³/mol. The molecule has 8 nitrogen and oxygen atoms in total. The van der Waals surface area contributed by atoms with Gasteiger partial charge in [0.25, 0.3) is 5.89 Å². The number of fused-ring (bicyclic) bond motifs is 1. The lowest BCUT2D eigenvalue weighted by Gasteiger charge is -2.12. The van der Waals surface area contributed by atoms with E-state index in [-0.39, 0.29) is 36.0 Å². The molecule has 0 aliphatic heterocycles. The number of methoxy groups -OCH3 is 1. The van der Waals surface area contributed by atoms with Crippen LogP contribution in [0.3, 0.4) is 0 Å². The second kappa shape index (κ2) is 7.74. The standard InChI is InChI=1S/C20H15F3N4O4/c1-30-16-5-3-12(9-14(16)20(21,22)23)19-25-18(26-31-19)11-2-4-15-13(8-11)10-24-27(15)7-6-17(28)29/h2-5,8-10H,6-7H2,1H3,(H,28,29). The molecular formula is C20H15F3N4O4. The van der Waals surface area contributed by atoms with E-state index in [4.69, 9.17) is 14.4 Å². The van der Waals surface area contributed by atoms with Crippen molar-refractivity contribution in [3.63, 3.8) is 0 Å². The Labute approximate surface area is 172 Å². The fourth-order valence-corrected chi connectivity index (χ4v) is 3.13. The number of hydrogen-bond donors (Lipinski definition) is 1. The first kappa shape index (κ1) is 20.4. The molecule has 0 saturated heterocycles. The maximum Gasteiger partial charge on any atom is 0.419 e. The van der Waals surface area contributed by atoms with E-state index in [0.717, 1.165) is 24.1 Å². The lowest BCUT2D eigenvalue weighted by atomic mass is 10.1. The van der Waals surface area contributed by atoms with Crippen LogP contribution in [0.1, 0.15) is 12.0 Å². The highest BCUT2D eigenvalue weighted by molar-refractivity contribution is 5.83. The number of aryl methyl sites for hydroxylation is 1. The Bertz CT molecular complexity index is 1260. The summed E-state index contributed by atoms with van der Waals surface area (Å²) in [5.41, 5.74) is 0.473. The molecule has 0 spiro atoms. The maximum absolute atomic E-state index is 13.3. The summed E-state index contributed by atoms with van der Waals surface area (Å²) in [6, 6.07) is 8.67. The summed E-state index contributed by atoms with van der Waals surface area (Å²) >= 11 is 0. The van der Waals surface area contributed by atoms with Gasteiger partial charge in [0, 0.05) is 16.5 Å². The number of aliphatic carboxylic acids is 1. The number of halogens is 3. The Hall–Kier alpha value is -3.89. The summed E-state index contributed by atoms with van der Waals surface area (Å²) in [5.74, 6) is -1.10. The average molecular weight is 432 g/mol. The van der Waals surface area contributed by atoms with Crippen molar-refractivity contribution in [1.29, 1.82) is 0 Å². The van der Waals surface area contributed by atoms with Crippen molar-refractivity contribution in [1.82, 2.24) is 19.9 Å². The number of aromatic nitrogens is 4. The molecule has 0 bridgehead atoms. The van der Waals surface area contributed by atoms with Crippen molar-refractivity contribution in [2.45, 2.75) is 19.1 Å². The molecule has 1 N–H and O–H groups in total. The van der Waals surface area contributed by atoms with Crippen molar-refractivity contribution in [2.75, 3.05) is 7.11 Å². The zero-order valence-electron chi connectivity index (χ0n) is 16.1. The van der Waals surface area contributed by atoms with Gasteiger partial charge in [-0.2, -0.15) is 23.3 Å². The lowest BCUT2D eigenvalue weighted by Crippen LogP contribution is -2.07. The van der Waals surface area contributed by atoms with E-state index < -0.39 is 17.7 Å². The van der Waals surface area contributed by atoms with Gasteiger partial charge >= 0.3 is 12.1 Å². The molecule has 31 heavy (non-hydrogen) atoms. The number of hydrogen-bond acceptors (Lipinski definition) is 6. The molecule has 2 heterocycles. The Balaban J connectivity index is 1.65. The van der Waals surface area contributed by atoms with Crippen LogP contribution >= 0.6 is 0 Å². The molecule has 160 valence electrons. The number of carboxylic acids is 1. The van der Waals surface area contributed by atoms with Crippen LogP contribution in [0.25, 0.3) is 33.7 Å². The zero-order chi connectivity index (χ0) is 22.2. The Kier molecular flexibility index (Phi) is 5.09. The van der Waals surface area contributed by atoms with Crippen molar-refractivity contribution in [3.8, 4) is 28.6 Å². The van der Waals surface area contributed by atoms with Crippen LogP contribution in [-0.2, 0) is 17.5 Å². The van der Waals surface area contributed by atoms with Gasteiger partial charge < -0.3 is 14.4 Å². The molecule has 4 rings (SSSR count). The van der Waals surface area contributed by atoms with Crippen molar-refractivity contribution in [3.05, 3.63) is 48.2 Å². The van der Waals surface area contributed by atoms with Crippen LogP contribution in [0.2, 0.25) is 0 Å². The predicted octanol–water partition coefficient (Wildman–Crippen LogP) is 4.26. The molecule has 11 heteroatoms. The van der Waals surface area contributed by atoms with Crippen LogP contribution in [0.15, 0.2) is 47.1 Å². The summed E-state index contributed by atoms with van der Waals surface area (Å²) in [4.78, 5) is 15.0. The molecule has 0 aliphatic carbocycles. The molecule has 4 aromatic rings. The van der Waals surface area contributed by atoms with E-state index in [2.05, 4.69) is 15.2 Å². The minimum atomic E-state index is -4.60. The third-order valence-electron chi connectivity index (χ3n) is 4.62. The summed E-state index contributed by atoms with van der Waals surface area (Å²) in [6.07, 6.45) is -3.08. The number of carboxylic acid groups (broad SMARTS) is 1.